The standard InChI is InChI=1S/C45H24F15N/c46-34-19-28(20-35(47)40(34)43(52,53)54)4-1-25-7-13-31(14-8-25)61(32-15-9-26(10-16-32)2-5-29-21-36(48)41(37(49)22-29)44(55,56)57)33-17-11-27(12-18-33)3-6-30-23-38(50)42(39(51)24-30)45(58,59)60/h1-24H/b4-1+,5-2+,6-3+. The maximum atomic E-state index is 14.1. The van der Waals surface area contributed by atoms with Crippen LogP contribution in [0.1, 0.15) is 50.1 Å². The Bertz CT molecular complexity index is 2270. The molecule has 6 aromatic carbocycles. The summed E-state index contributed by atoms with van der Waals surface area (Å²) in [6.07, 6.45) is -7.88. The summed E-state index contributed by atoms with van der Waals surface area (Å²) in [7, 11) is 0. The van der Waals surface area contributed by atoms with Crippen molar-refractivity contribution in [1.82, 2.24) is 0 Å². The molecule has 0 heterocycles. The minimum Gasteiger partial charge on any atom is -0.311 e. The fourth-order valence-corrected chi connectivity index (χ4v) is 6.11. The maximum Gasteiger partial charge on any atom is 0.422 e. The fourth-order valence-electron chi connectivity index (χ4n) is 6.11. The van der Waals surface area contributed by atoms with Crippen molar-refractivity contribution in [3.8, 4) is 0 Å². The lowest BCUT2D eigenvalue weighted by molar-refractivity contribution is -0.143. The van der Waals surface area contributed by atoms with Crippen LogP contribution in [0.4, 0.5) is 82.9 Å². The van der Waals surface area contributed by atoms with Crippen molar-refractivity contribution in [2.24, 2.45) is 0 Å². The average molecular weight is 864 g/mol. The molecular formula is C45H24F15N. The Hall–Kier alpha value is -6.71. The zero-order valence-electron chi connectivity index (χ0n) is 30.5. The number of nitrogens with zero attached hydrogens (tertiary/aromatic N) is 1. The highest BCUT2D eigenvalue weighted by Crippen LogP contribution is 2.38. The van der Waals surface area contributed by atoms with Crippen LogP contribution in [0.25, 0.3) is 36.5 Å². The van der Waals surface area contributed by atoms with Crippen LogP contribution in [0, 0.1) is 34.9 Å². The number of benzene rings is 6. The van der Waals surface area contributed by atoms with E-state index in [0.717, 1.165) is 0 Å². The number of alkyl halides is 9. The first-order chi connectivity index (χ1) is 28.6. The van der Waals surface area contributed by atoms with E-state index in [1.54, 1.807) is 77.7 Å². The van der Waals surface area contributed by atoms with E-state index in [9.17, 15) is 65.9 Å². The minimum absolute atomic E-state index is 0.181. The largest absolute Gasteiger partial charge is 0.422 e. The molecule has 0 unspecified atom stereocenters. The van der Waals surface area contributed by atoms with Crippen LogP contribution < -0.4 is 4.90 Å². The molecule has 1 nitrogen and oxygen atoms in total. The van der Waals surface area contributed by atoms with E-state index in [2.05, 4.69) is 0 Å². The fraction of sp³-hybridized carbons (Fsp3) is 0.0667. The van der Waals surface area contributed by atoms with Crippen LogP contribution in [-0.4, -0.2) is 0 Å². The number of halogens is 15. The molecule has 0 radical (unpaired) electrons. The zero-order chi connectivity index (χ0) is 44.4. The molecule has 0 aliphatic carbocycles. The summed E-state index contributed by atoms with van der Waals surface area (Å²) >= 11 is 0. The van der Waals surface area contributed by atoms with Gasteiger partial charge in [-0.3, -0.25) is 0 Å². The number of anilines is 3. The van der Waals surface area contributed by atoms with Gasteiger partial charge in [-0.25, -0.2) is 26.3 Å². The molecule has 0 spiro atoms. The number of rotatable bonds is 9. The summed E-state index contributed by atoms with van der Waals surface area (Å²) in [6.45, 7) is 0. The molecule has 16 heteroatoms. The third-order valence-corrected chi connectivity index (χ3v) is 8.90. The molecule has 314 valence electrons. The average Bonchev–Trinajstić information content (AvgIpc) is 3.14. The third kappa shape index (κ3) is 10.4. The molecule has 0 aliphatic rings. The Balaban J connectivity index is 1.29. The first-order valence-electron chi connectivity index (χ1n) is 17.4. The molecule has 0 N–H and O–H groups in total. The van der Waals surface area contributed by atoms with Gasteiger partial charge in [0.15, 0.2) is 0 Å². The highest BCUT2D eigenvalue weighted by Gasteiger charge is 2.39. The van der Waals surface area contributed by atoms with Gasteiger partial charge in [0.25, 0.3) is 0 Å². The van der Waals surface area contributed by atoms with E-state index >= 15 is 0 Å². The van der Waals surface area contributed by atoms with E-state index in [4.69, 9.17) is 0 Å². The Morgan fingerprint density at radius 3 is 0.639 bits per heavy atom. The second kappa shape index (κ2) is 17.1. The van der Waals surface area contributed by atoms with Gasteiger partial charge in [-0.2, -0.15) is 39.5 Å². The van der Waals surface area contributed by atoms with Gasteiger partial charge in [0.1, 0.15) is 51.6 Å². The topological polar surface area (TPSA) is 3.24 Å². The van der Waals surface area contributed by atoms with Crippen LogP contribution in [0.5, 0.6) is 0 Å². The highest BCUT2D eigenvalue weighted by atomic mass is 19.4. The molecule has 61 heavy (non-hydrogen) atoms. The number of hydrogen-bond donors (Lipinski definition) is 0. The van der Waals surface area contributed by atoms with Crippen molar-refractivity contribution < 1.29 is 65.9 Å². The van der Waals surface area contributed by atoms with Gasteiger partial charge in [0.2, 0.25) is 0 Å². The molecule has 0 atom stereocenters. The maximum absolute atomic E-state index is 14.1. The lowest BCUT2D eigenvalue weighted by Crippen LogP contribution is -2.11. The predicted molar refractivity (Wildman–Crippen MR) is 202 cm³/mol. The lowest BCUT2D eigenvalue weighted by Gasteiger charge is -2.26. The summed E-state index contributed by atoms with van der Waals surface area (Å²) in [4.78, 5) is 1.73. The second-order valence-corrected chi connectivity index (χ2v) is 13.2. The zero-order valence-corrected chi connectivity index (χ0v) is 30.5. The highest BCUT2D eigenvalue weighted by molar-refractivity contribution is 5.80. The second-order valence-electron chi connectivity index (χ2n) is 13.2. The van der Waals surface area contributed by atoms with Crippen LogP contribution in [0.15, 0.2) is 109 Å². The summed E-state index contributed by atoms with van der Waals surface area (Å²) < 4.78 is 202. The van der Waals surface area contributed by atoms with Crippen LogP contribution in [-0.2, 0) is 18.5 Å². The molecular weight excluding hydrogens is 839 g/mol. The Kier molecular flexibility index (Phi) is 12.3. The van der Waals surface area contributed by atoms with Crippen molar-refractivity contribution in [3.63, 3.8) is 0 Å². The molecule has 0 amide bonds. The monoisotopic (exact) mass is 863 g/mol. The SMILES string of the molecule is Fc1cc(/C=C/c2ccc(N(c3ccc(/C=C/c4cc(F)c(C(F)(F)F)c(F)c4)cc3)c3ccc(/C=C/c4cc(F)c(C(F)(F)F)c(F)c4)cc3)cc2)cc(F)c1C(F)(F)F. The van der Waals surface area contributed by atoms with Gasteiger partial charge < -0.3 is 4.90 Å². The van der Waals surface area contributed by atoms with Crippen molar-refractivity contribution >= 4 is 53.5 Å². The minimum atomic E-state index is -5.24. The van der Waals surface area contributed by atoms with Gasteiger partial charge in [-0.15, -0.1) is 0 Å². The van der Waals surface area contributed by atoms with Crippen molar-refractivity contribution in [2.45, 2.75) is 18.5 Å². The molecule has 0 aromatic heterocycles. The molecule has 0 saturated heterocycles. The predicted octanol–water partition coefficient (Wildman–Crippen LogP) is 15.6. The Labute approximate surface area is 336 Å². The molecule has 6 aromatic rings. The van der Waals surface area contributed by atoms with Gasteiger partial charge in [0.05, 0.1) is 0 Å². The van der Waals surface area contributed by atoms with Crippen LogP contribution in [0.3, 0.4) is 0 Å². The van der Waals surface area contributed by atoms with E-state index in [1.165, 1.54) is 36.5 Å². The lowest BCUT2D eigenvalue weighted by atomic mass is 10.1. The van der Waals surface area contributed by atoms with Crippen molar-refractivity contribution in [3.05, 3.63) is 194 Å². The summed E-state index contributed by atoms with van der Waals surface area (Å²) in [5, 5.41) is 0. The smallest absolute Gasteiger partial charge is 0.311 e. The van der Waals surface area contributed by atoms with Crippen molar-refractivity contribution in [1.29, 1.82) is 0 Å². The molecule has 0 aliphatic heterocycles. The van der Waals surface area contributed by atoms with Gasteiger partial charge in [-0.05, 0) is 106 Å². The first kappa shape index (κ1) is 43.9. The Morgan fingerprint density at radius 1 is 0.279 bits per heavy atom. The van der Waals surface area contributed by atoms with Gasteiger partial charge in [0, 0.05) is 17.1 Å². The number of hydrogen-bond acceptors (Lipinski definition) is 1. The van der Waals surface area contributed by atoms with E-state index in [0.29, 0.717) is 70.2 Å². The van der Waals surface area contributed by atoms with Crippen LogP contribution >= 0.6 is 0 Å². The van der Waals surface area contributed by atoms with E-state index in [-0.39, 0.29) is 16.7 Å². The van der Waals surface area contributed by atoms with E-state index < -0.39 is 70.1 Å². The summed E-state index contributed by atoms with van der Waals surface area (Å²) in [5.41, 5.74) is -3.64. The third-order valence-electron chi connectivity index (χ3n) is 8.90. The summed E-state index contributed by atoms with van der Waals surface area (Å²) in [6, 6.07) is 22.6. The molecule has 0 bridgehead atoms. The van der Waals surface area contributed by atoms with Gasteiger partial charge >= 0.3 is 18.5 Å². The molecule has 0 fully saturated rings. The quantitative estimate of drug-likeness (QED) is 0.103. The normalized spacial score (nSPS) is 12.6. The first-order valence-corrected chi connectivity index (χ1v) is 17.4. The molecule has 0 saturated carbocycles. The van der Waals surface area contributed by atoms with Crippen molar-refractivity contribution in [2.75, 3.05) is 4.90 Å². The van der Waals surface area contributed by atoms with E-state index in [1.807, 2.05) is 0 Å². The van der Waals surface area contributed by atoms with Crippen LogP contribution in [0.2, 0.25) is 0 Å². The van der Waals surface area contributed by atoms with Gasteiger partial charge in [-0.1, -0.05) is 72.9 Å². The summed E-state index contributed by atoms with van der Waals surface area (Å²) in [5.74, 6) is -10.7. The molecule has 6 rings (SSSR count). The Morgan fingerprint density at radius 2 is 0.459 bits per heavy atom.